The van der Waals surface area contributed by atoms with Gasteiger partial charge in [-0.15, -0.1) is 0 Å². The van der Waals surface area contributed by atoms with E-state index in [0.29, 0.717) is 29.1 Å². The fourth-order valence-corrected chi connectivity index (χ4v) is 4.32. The number of hydrogen-bond acceptors (Lipinski definition) is 5. The number of ketones is 1. The van der Waals surface area contributed by atoms with Gasteiger partial charge in [-0.2, -0.15) is 0 Å². The number of allylic oxidation sites excluding steroid dienone is 1. The highest BCUT2D eigenvalue weighted by Gasteiger charge is 2.59. The number of aromatic nitrogens is 1. The van der Waals surface area contributed by atoms with Crippen LogP contribution >= 0.6 is 0 Å². The molecule has 0 radical (unpaired) electrons. The first-order chi connectivity index (χ1) is 11.6. The van der Waals surface area contributed by atoms with Crippen molar-refractivity contribution in [2.45, 2.75) is 31.6 Å². The van der Waals surface area contributed by atoms with Gasteiger partial charge in [-0.3, -0.25) is 9.59 Å². The predicted octanol–water partition coefficient (Wildman–Crippen LogP) is 2.65. The zero-order chi connectivity index (χ0) is 16.5. The molecule has 0 unspecified atom stereocenters. The van der Waals surface area contributed by atoms with Crippen LogP contribution in [-0.2, 0) is 15.0 Å². The number of anilines is 2. The Balaban J connectivity index is 1.94. The minimum Gasteiger partial charge on any atom is -0.338 e. The molecule has 24 heavy (non-hydrogen) atoms. The number of hydrogen-bond donors (Lipinski definition) is 2. The highest BCUT2D eigenvalue weighted by Crippen LogP contribution is 2.55. The van der Waals surface area contributed by atoms with E-state index >= 15 is 0 Å². The maximum atomic E-state index is 13.2. The number of benzene rings is 1. The number of amides is 1. The predicted molar refractivity (Wildman–Crippen MR) is 86.6 cm³/mol. The molecular formula is C18H15N3O3. The van der Waals surface area contributed by atoms with Crippen molar-refractivity contribution in [2.75, 3.05) is 10.6 Å². The normalized spacial score (nSPS) is 24.4. The lowest BCUT2D eigenvalue weighted by Gasteiger charge is -2.37. The number of nitrogens with one attached hydrogen (secondary N) is 2. The van der Waals surface area contributed by atoms with Crippen molar-refractivity contribution in [3.63, 3.8) is 0 Å². The number of carbonyl (C=O) groups excluding carboxylic acids is 2. The van der Waals surface area contributed by atoms with Crippen LogP contribution in [0.3, 0.4) is 0 Å². The average Bonchev–Trinajstić information content (AvgIpc) is 3.07. The number of aryl methyl sites for hydroxylation is 1. The Kier molecular flexibility index (Phi) is 2.45. The maximum absolute atomic E-state index is 13.2. The Morgan fingerprint density at radius 2 is 2.00 bits per heavy atom. The Bertz CT molecular complexity index is 956. The van der Waals surface area contributed by atoms with Gasteiger partial charge in [0.15, 0.2) is 5.78 Å². The molecule has 3 heterocycles. The summed E-state index contributed by atoms with van der Waals surface area (Å²) in [6.07, 6.45) is 1.95. The molecule has 0 fully saturated rings. The third-order valence-corrected chi connectivity index (χ3v) is 5.21. The molecular weight excluding hydrogens is 306 g/mol. The molecule has 0 bridgehead atoms. The van der Waals surface area contributed by atoms with Crippen molar-refractivity contribution in [3.05, 3.63) is 52.4 Å². The Morgan fingerprint density at radius 3 is 2.88 bits per heavy atom. The molecule has 2 N–H and O–H groups in total. The second-order valence-corrected chi connectivity index (χ2v) is 6.48. The SMILES string of the molecule is Cc1noc2c1[C@]1(C(=O)Nc3ccccc31)C1=C(CCCC1=O)N2. The second kappa shape index (κ2) is 4.35. The molecule has 0 saturated heterocycles. The van der Waals surface area contributed by atoms with E-state index in [0.717, 1.165) is 29.8 Å². The highest BCUT2D eigenvalue weighted by atomic mass is 16.5. The molecule has 2 aliphatic heterocycles. The lowest BCUT2D eigenvalue weighted by atomic mass is 9.64. The van der Waals surface area contributed by atoms with Crippen LogP contribution in [0.25, 0.3) is 0 Å². The lowest BCUT2D eigenvalue weighted by molar-refractivity contribution is -0.122. The monoisotopic (exact) mass is 321 g/mol. The van der Waals surface area contributed by atoms with Gasteiger partial charge in [0, 0.05) is 28.9 Å². The zero-order valence-corrected chi connectivity index (χ0v) is 13.1. The number of para-hydroxylation sites is 1. The summed E-state index contributed by atoms with van der Waals surface area (Å²) in [5.41, 5.74) is 2.98. The van der Waals surface area contributed by atoms with Gasteiger partial charge in [0.2, 0.25) is 11.8 Å². The Hall–Kier alpha value is -2.89. The van der Waals surface area contributed by atoms with Crippen molar-refractivity contribution >= 4 is 23.3 Å². The van der Waals surface area contributed by atoms with Gasteiger partial charge in [0.25, 0.3) is 0 Å². The number of Topliss-reactive ketones (excluding diaryl/α,β-unsaturated/α-hetero) is 1. The van der Waals surface area contributed by atoms with Gasteiger partial charge < -0.3 is 15.2 Å². The molecule has 1 spiro atoms. The molecule has 6 nitrogen and oxygen atoms in total. The second-order valence-electron chi connectivity index (χ2n) is 6.48. The van der Waals surface area contributed by atoms with Crippen LogP contribution in [0, 0.1) is 6.92 Å². The fraction of sp³-hybridized carbons (Fsp3) is 0.278. The summed E-state index contributed by atoms with van der Waals surface area (Å²) in [7, 11) is 0. The van der Waals surface area contributed by atoms with Crippen molar-refractivity contribution in [3.8, 4) is 0 Å². The fourth-order valence-electron chi connectivity index (χ4n) is 4.32. The molecule has 3 aliphatic rings. The number of fused-ring (bicyclic) bond motifs is 5. The van der Waals surface area contributed by atoms with Crippen molar-refractivity contribution < 1.29 is 14.1 Å². The van der Waals surface area contributed by atoms with Crippen LogP contribution in [0.4, 0.5) is 11.6 Å². The minimum atomic E-state index is -1.16. The standard InChI is InChI=1S/C18H15N3O3/c1-9-14-16(24-21-9)19-12-7-4-8-13(22)15(12)18(14)10-5-2-3-6-11(10)20-17(18)23/h2-3,5-6,19H,4,7-8H2,1H3,(H,20,23)/t18-/m0/s1. The minimum absolute atomic E-state index is 0.0156. The van der Waals surface area contributed by atoms with Crippen molar-refractivity contribution in [1.82, 2.24) is 5.16 Å². The summed E-state index contributed by atoms with van der Waals surface area (Å²) in [6, 6.07) is 7.53. The van der Waals surface area contributed by atoms with E-state index in [1.807, 2.05) is 24.3 Å². The molecule has 0 saturated carbocycles. The Morgan fingerprint density at radius 1 is 1.17 bits per heavy atom. The van der Waals surface area contributed by atoms with E-state index in [2.05, 4.69) is 15.8 Å². The molecule has 1 aromatic heterocycles. The van der Waals surface area contributed by atoms with Gasteiger partial charge in [-0.1, -0.05) is 23.4 Å². The van der Waals surface area contributed by atoms with Gasteiger partial charge in [-0.05, 0) is 25.8 Å². The number of nitrogens with zero attached hydrogens (tertiary/aromatic N) is 1. The van der Waals surface area contributed by atoms with E-state index in [1.165, 1.54) is 0 Å². The van der Waals surface area contributed by atoms with Crippen LogP contribution in [0.2, 0.25) is 0 Å². The van der Waals surface area contributed by atoms with Gasteiger partial charge in [0.05, 0.1) is 11.3 Å². The molecule has 1 aliphatic carbocycles. The molecule has 5 rings (SSSR count). The third-order valence-electron chi connectivity index (χ3n) is 5.21. The molecule has 120 valence electrons. The summed E-state index contributed by atoms with van der Waals surface area (Å²) < 4.78 is 5.43. The van der Waals surface area contributed by atoms with Crippen LogP contribution in [0.1, 0.15) is 36.1 Å². The highest BCUT2D eigenvalue weighted by molar-refractivity contribution is 6.19. The van der Waals surface area contributed by atoms with E-state index < -0.39 is 5.41 Å². The molecule has 2 aromatic rings. The zero-order valence-electron chi connectivity index (χ0n) is 13.1. The molecule has 6 heteroatoms. The maximum Gasteiger partial charge on any atom is 0.244 e. The van der Waals surface area contributed by atoms with E-state index in [4.69, 9.17) is 4.52 Å². The quantitative estimate of drug-likeness (QED) is 0.779. The van der Waals surface area contributed by atoms with Crippen LogP contribution in [-0.4, -0.2) is 16.8 Å². The van der Waals surface area contributed by atoms with Gasteiger partial charge >= 0.3 is 0 Å². The molecule has 1 aromatic carbocycles. The van der Waals surface area contributed by atoms with E-state index in [9.17, 15) is 9.59 Å². The van der Waals surface area contributed by atoms with Crippen LogP contribution in [0.15, 0.2) is 40.1 Å². The molecule has 1 amide bonds. The van der Waals surface area contributed by atoms with Crippen molar-refractivity contribution in [2.24, 2.45) is 0 Å². The topological polar surface area (TPSA) is 84.2 Å². The first kappa shape index (κ1) is 13.5. The largest absolute Gasteiger partial charge is 0.338 e. The molecule has 1 atom stereocenters. The summed E-state index contributed by atoms with van der Waals surface area (Å²) in [4.78, 5) is 26.1. The summed E-state index contributed by atoms with van der Waals surface area (Å²) in [6.45, 7) is 1.80. The van der Waals surface area contributed by atoms with Crippen LogP contribution in [0.5, 0.6) is 0 Å². The lowest BCUT2D eigenvalue weighted by Crippen LogP contribution is -2.45. The average molecular weight is 321 g/mol. The summed E-state index contributed by atoms with van der Waals surface area (Å²) in [5.74, 6) is 0.273. The smallest absolute Gasteiger partial charge is 0.244 e. The van der Waals surface area contributed by atoms with E-state index in [-0.39, 0.29) is 11.7 Å². The van der Waals surface area contributed by atoms with E-state index in [1.54, 1.807) is 6.92 Å². The summed E-state index contributed by atoms with van der Waals surface area (Å²) >= 11 is 0. The summed E-state index contributed by atoms with van der Waals surface area (Å²) in [5, 5.41) is 10.2. The van der Waals surface area contributed by atoms with Crippen LogP contribution < -0.4 is 10.6 Å². The van der Waals surface area contributed by atoms with Crippen molar-refractivity contribution in [1.29, 1.82) is 0 Å². The van der Waals surface area contributed by atoms with Gasteiger partial charge in [0.1, 0.15) is 5.41 Å². The first-order valence-corrected chi connectivity index (χ1v) is 8.05. The number of carbonyl (C=O) groups is 2. The Labute approximate surface area is 137 Å². The number of rotatable bonds is 0. The first-order valence-electron chi connectivity index (χ1n) is 8.05. The van der Waals surface area contributed by atoms with Gasteiger partial charge in [-0.25, -0.2) is 0 Å². The third kappa shape index (κ3) is 1.39.